The van der Waals surface area contributed by atoms with E-state index in [4.69, 9.17) is 21.1 Å². The van der Waals surface area contributed by atoms with Crippen molar-refractivity contribution in [2.24, 2.45) is 0 Å². The molecule has 3 aromatic carbocycles. The zero-order chi connectivity index (χ0) is 23.7. The van der Waals surface area contributed by atoms with Crippen molar-refractivity contribution in [1.82, 2.24) is 0 Å². The quantitative estimate of drug-likeness (QED) is 0.300. The summed E-state index contributed by atoms with van der Waals surface area (Å²) in [6.07, 6.45) is 0. The Labute approximate surface area is 209 Å². The predicted molar refractivity (Wildman–Crippen MR) is 134 cm³/mol. The number of benzene rings is 3. The second kappa shape index (κ2) is 9.44. The van der Waals surface area contributed by atoms with Gasteiger partial charge in [-0.2, -0.15) is 0 Å². The minimum atomic E-state index is -0.864. The maximum absolute atomic E-state index is 13.5. The normalized spacial score (nSPS) is 15.7. The molecule has 1 aliphatic rings. The van der Waals surface area contributed by atoms with Gasteiger partial charge in [0.25, 0.3) is 5.91 Å². The third-order valence-electron chi connectivity index (χ3n) is 5.40. The molecule has 1 amide bonds. The van der Waals surface area contributed by atoms with Gasteiger partial charge in [0.1, 0.15) is 0 Å². The SMILES string of the molecule is COc1ccc(N2C(=O)C(O)=C(C(=O)c3ccccc3Cl)C2c2ccc(I)cc2)cc1OC. The molecule has 6 nitrogen and oxygen atoms in total. The summed E-state index contributed by atoms with van der Waals surface area (Å²) in [6, 6.07) is 18.1. The lowest BCUT2D eigenvalue weighted by atomic mass is 9.92. The van der Waals surface area contributed by atoms with E-state index in [-0.39, 0.29) is 16.2 Å². The van der Waals surface area contributed by atoms with E-state index < -0.39 is 23.5 Å². The number of carbonyl (C=O) groups is 2. The number of hydrogen-bond donors (Lipinski definition) is 1. The van der Waals surface area contributed by atoms with Crippen LogP contribution in [0.4, 0.5) is 5.69 Å². The molecular weight excluding hydrogens is 557 g/mol. The third-order valence-corrected chi connectivity index (χ3v) is 6.45. The van der Waals surface area contributed by atoms with Gasteiger partial charge in [-0.1, -0.05) is 35.9 Å². The van der Waals surface area contributed by atoms with E-state index in [0.29, 0.717) is 22.7 Å². The summed E-state index contributed by atoms with van der Waals surface area (Å²) in [4.78, 5) is 28.2. The van der Waals surface area contributed by atoms with Crippen LogP contribution in [0.5, 0.6) is 11.5 Å². The van der Waals surface area contributed by atoms with E-state index in [1.807, 2.05) is 24.3 Å². The number of aliphatic hydroxyl groups is 1. The number of rotatable bonds is 6. The fraction of sp³-hybridized carbons (Fsp3) is 0.120. The Morgan fingerprint density at radius 2 is 1.67 bits per heavy atom. The van der Waals surface area contributed by atoms with Crippen LogP contribution in [-0.4, -0.2) is 31.0 Å². The topological polar surface area (TPSA) is 76.1 Å². The monoisotopic (exact) mass is 575 g/mol. The lowest BCUT2D eigenvalue weighted by Gasteiger charge is -2.27. The van der Waals surface area contributed by atoms with Crippen LogP contribution in [0.15, 0.2) is 78.1 Å². The summed E-state index contributed by atoms with van der Waals surface area (Å²) >= 11 is 8.44. The van der Waals surface area contributed by atoms with Gasteiger partial charge in [0.15, 0.2) is 23.0 Å². The fourth-order valence-electron chi connectivity index (χ4n) is 3.83. The number of aliphatic hydroxyl groups excluding tert-OH is 1. The summed E-state index contributed by atoms with van der Waals surface area (Å²) in [5, 5.41) is 11.1. The highest BCUT2D eigenvalue weighted by atomic mass is 127. The standard InChI is InChI=1S/C25H19ClINO5/c1-32-19-12-11-16(13-20(19)33-2)28-22(14-7-9-15(27)10-8-14)21(24(30)25(28)31)23(29)17-5-3-4-6-18(17)26/h3-13,22,30H,1-2H3. The highest BCUT2D eigenvalue weighted by molar-refractivity contribution is 14.1. The van der Waals surface area contributed by atoms with E-state index in [0.717, 1.165) is 3.57 Å². The van der Waals surface area contributed by atoms with Crippen molar-refractivity contribution in [3.8, 4) is 11.5 Å². The highest BCUT2D eigenvalue weighted by Gasteiger charge is 2.45. The van der Waals surface area contributed by atoms with Crippen molar-refractivity contribution in [2.45, 2.75) is 6.04 Å². The lowest BCUT2D eigenvalue weighted by Crippen LogP contribution is -2.31. The zero-order valence-electron chi connectivity index (χ0n) is 17.7. The van der Waals surface area contributed by atoms with Crippen molar-refractivity contribution < 1.29 is 24.2 Å². The van der Waals surface area contributed by atoms with Crippen molar-refractivity contribution >= 4 is 51.6 Å². The van der Waals surface area contributed by atoms with Crippen molar-refractivity contribution in [1.29, 1.82) is 0 Å². The van der Waals surface area contributed by atoms with Crippen LogP contribution in [0.3, 0.4) is 0 Å². The maximum Gasteiger partial charge on any atom is 0.294 e. The molecule has 0 spiro atoms. The van der Waals surface area contributed by atoms with Crippen molar-refractivity contribution in [3.05, 3.63) is 97.8 Å². The molecule has 4 rings (SSSR count). The average molecular weight is 576 g/mol. The lowest BCUT2D eigenvalue weighted by molar-refractivity contribution is -0.117. The Morgan fingerprint density at radius 1 is 1.00 bits per heavy atom. The molecule has 1 aliphatic heterocycles. The molecule has 0 aliphatic carbocycles. The maximum atomic E-state index is 13.5. The Morgan fingerprint density at radius 3 is 2.30 bits per heavy atom. The van der Waals surface area contributed by atoms with Gasteiger partial charge in [0.05, 0.1) is 30.9 Å². The van der Waals surface area contributed by atoms with E-state index in [1.165, 1.54) is 19.1 Å². The summed E-state index contributed by atoms with van der Waals surface area (Å²) in [5.74, 6) is -0.921. The molecule has 1 N–H and O–H groups in total. The second-order valence-corrected chi connectivity index (χ2v) is 8.89. The van der Waals surface area contributed by atoms with Crippen LogP contribution >= 0.6 is 34.2 Å². The Kier molecular flexibility index (Phi) is 6.62. The molecular formula is C25H19ClINO5. The van der Waals surface area contributed by atoms with Crippen LogP contribution in [0.1, 0.15) is 22.0 Å². The van der Waals surface area contributed by atoms with Crippen LogP contribution in [0.2, 0.25) is 5.02 Å². The summed E-state index contributed by atoms with van der Waals surface area (Å²) in [7, 11) is 3.01. The highest BCUT2D eigenvalue weighted by Crippen LogP contribution is 2.44. The first-order chi connectivity index (χ1) is 15.9. The van der Waals surface area contributed by atoms with E-state index >= 15 is 0 Å². The molecule has 0 bridgehead atoms. The first-order valence-corrected chi connectivity index (χ1v) is 11.4. The molecule has 8 heteroatoms. The number of amides is 1. The molecule has 0 saturated carbocycles. The minimum Gasteiger partial charge on any atom is -0.503 e. The van der Waals surface area contributed by atoms with Gasteiger partial charge in [-0.25, -0.2) is 0 Å². The summed E-state index contributed by atoms with van der Waals surface area (Å²) < 4.78 is 11.7. The van der Waals surface area contributed by atoms with Crippen molar-refractivity contribution in [3.63, 3.8) is 0 Å². The first-order valence-electron chi connectivity index (χ1n) is 9.90. The van der Waals surface area contributed by atoms with E-state index in [2.05, 4.69) is 22.6 Å². The zero-order valence-corrected chi connectivity index (χ0v) is 20.6. The smallest absolute Gasteiger partial charge is 0.294 e. The van der Waals surface area contributed by atoms with Gasteiger partial charge in [-0.05, 0) is 64.6 Å². The summed E-state index contributed by atoms with van der Waals surface area (Å²) in [5.41, 5.74) is 1.27. The number of ketones is 1. The molecule has 1 atom stereocenters. The molecule has 33 heavy (non-hydrogen) atoms. The Balaban J connectivity index is 1.90. The van der Waals surface area contributed by atoms with Gasteiger partial charge in [-0.3, -0.25) is 14.5 Å². The van der Waals surface area contributed by atoms with Crippen LogP contribution in [-0.2, 0) is 4.79 Å². The van der Waals surface area contributed by atoms with Crippen molar-refractivity contribution in [2.75, 3.05) is 19.1 Å². The van der Waals surface area contributed by atoms with Gasteiger partial charge in [0.2, 0.25) is 0 Å². The van der Waals surface area contributed by atoms with Crippen LogP contribution in [0.25, 0.3) is 0 Å². The number of nitrogens with zero attached hydrogens (tertiary/aromatic N) is 1. The molecule has 168 valence electrons. The van der Waals surface area contributed by atoms with E-state index in [9.17, 15) is 14.7 Å². The fourth-order valence-corrected chi connectivity index (χ4v) is 4.41. The van der Waals surface area contributed by atoms with E-state index in [1.54, 1.807) is 42.5 Å². The molecule has 0 aromatic heterocycles. The summed E-state index contributed by atoms with van der Waals surface area (Å²) in [6.45, 7) is 0. The number of carbonyl (C=O) groups excluding carboxylic acids is 2. The molecule has 0 saturated heterocycles. The minimum absolute atomic E-state index is 0.0379. The van der Waals surface area contributed by atoms with Gasteiger partial charge in [0, 0.05) is 20.9 Å². The number of ether oxygens (including phenoxy) is 2. The Bertz CT molecular complexity index is 1270. The predicted octanol–water partition coefficient (Wildman–Crippen LogP) is 5.74. The first kappa shape index (κ1) is 23.1. The van der Waals surface area contributed by atoms with Gasteiger partial charge in [-0.15, -0.1) is 0 Å². The second-order valence-electron chi connectivity index (χ2n) is 7.24. The number of hydrogen-bond acceptors (Lipinski definition) is 5. The molecule has 3 aromatic rings. The van der Waals surface area contributed by atoms with Gasteiger partial charge >= 0.3 is 0 Å². The Hall–Kier alpha value is -3.04. The molecule has 0 fully saturated rings. The average Bonchev–Trinajstić information content (AvgIpc) is 3.09. The largest absolute Gasteiger partial charge is 0.503 e. The number of methoxy groups -OCH3 is 2. The van der Waals surface area contributed by atoms with Crippen LogP contribution in [0, 0.1) is 3.57 Å². The molecule has 1 unspecified atom stereocenters. The third kappa shape index (κ3) is 4.18. The molecule has 0 radical (unpaired) electrons. The van der Waals surface area contributed by atoms with Crippen LogP contribution < -0.4 is 14.4 Å². The number of anilines is 1. The number of halogens is 2. The molecule has 1 heterocycles. The number of Topliss-reactive ketones (excluding diaryl/α,β-unsaturated/α-hetero) is 1. The van der Waals surface area contributed by atoms with Gasteiger partial charge < -0.3 is 14.6 Å².